The number of benzene rings is 1. The van der Waals surface area contributed by atoms with E-state index in [-0.39, 0.29) is 30.2 Å². The van der Waals surface area contributed by atoms with Gasteiger partial charge in [-0.3, -0.25) is 4.90 Å². The average Bonchev–Trinajstić information content (AvgIpc) is 2.28. The van der Waals surface area contributed by atoms with E-state index in [2.05, 4.69) is 37.1 Å². The number of nitrogens with zero attached hydrogens (tertiary/aromatic N) is 1. The Morgan fingerprint density at radius 3 is 2.25 bits per heavy atom. The minimum Gasteiger partial charge on any atom is -0.508 e. The van der Waals surface area contributed by atoms with Crippen LogP contribution in [-0.2, 0) is 0 Å². The highest BCUT2D eigenvalue weighted by Gasteiger charge is 2.32. The Balaban J connectivity index is 0.00000180. The molecule has 0 amide bonds. The molecular formula is C15H26Cl2N2O. The highest BCUT2D eigenvalue weighted by atomic mass is 35.5. The van der Waals surface area contributed by atoms with Crippen LogP contribution in [0.3, 0.4) is 0 Å². The SMILES string of the molecule is CC(C)(C)[C@H](c1cccc(O)c1)N1CCNCC1.Cl.Cl. The molecule has 116 valence electrons. The second-order valence-corrected chi connectivity index (χ2v) is 6.15. The summed E-state index contributed by atoms with van der Waals surface area (Å²) in [5.74, 6) is 0.358. The Labute approximate surface area is 134 Å². The number of aromatic hydroxyl groups is 1. The normalized spacial score (nSPS) is 17.8. The van der Waals surface area contributed by atoms with Crippen molar-refractivity contribution in [3.63, 3.8) is 0 Å². The van der Waals surface area contributed by atoms with Gasteiger partial charge < -0.3 is 10.4 Å². The van der Waals surface area contributed by atoms with Crippen LogP contribution in [0.5, 0.6) is 5.75 Å². The second-order valence-electron chi connectivity index (χ2n) is 6.15. The predicted molar refractivity (Wildman–Crippen MR) is 89.2 cm³/mol. The molecule has 0 spiro atoms. The molecule has 0 bridgehead atoms. The first-order valence-electron chi connectivity index (χ1n) is 6.72. The number of nitrogens with one attached hydrogen (secondary N) is 1. The van der Waals surface area contributed by atoms with E-state index in [1.165, 1.54) is 5.56 Å². The van der Waals surface area contributed by atoms with Crippen LogP contribution in [0, 0.1) is 5.41 Å². The molecule has 2 rings (SSSR count). The molecule has 0 radical (unpaired) electrons. The van der Waals surface area contributed by atoms with Crippen molar-refractivity contribution >= 4 is 24.8 Å². The van der Waals surface area contributed by atoms with Gasteiger partial charge in [-0.15, -0.1) is 24.8 Å². The topological polar surface area (TPSA) is 35.5 Å². The summed E-state index contributed by atoms with van der Waals surface area (Å²) in [5.41, 5.74) is 1.37. The Bertz CT molecular complexity index is 401. The van der Waals surface area contributed by atoms with Gasteiger partial charge in [0.05, 0.1) is 0 Å². The van der Waals surface area contributed by atoms with Crippen molar-refractivity contribution in [3.05, 3.63) is 29.8 Å². The third-order valence-electron chi connectivity index (χ3n) is 3.52. The zero-order chi connectivity index (χ0) is 13.2. The van der Waals surface area contributed by atoms with Crippen LogP contribution in [0.15, 0.2) is 24.3 Å². The third kappa shape index (κ3) is 4.81. The molecule has 20 heavy (non-hydrogen) atoms. The molecule has 3 nitrogen and oxygen atoms in total. The van der Waals surface area contributed by atoms with Crippen molar-refractivity contribution in [2.45, 2.75) is 26.8 Å². The predicted octanol–water partition coefficient (Wildman–Crippen LogP) is 3.23. The number of rotatable bonds is 2. The van der Waals surface area contributed by atoms with Gasteiger partial charge in [0, 0.05) is 32.2 Å². The van der Waals surface area contributed by atoms with Gasteiger partial charge in [0.25, 0.3) is 0 Å². The van der Waals surface area contributed by atoms with Gasteiger partial charge in [0.1, 0.15) is 5.75 Å². The molecule has 0 saturated carbocycles. The molecule has 1 aromatic rings. The Kier molecular flexibility index (Phi) is 7.89. The van der Waals surface area contributed by atoms with Crippen LogP contribution in [0.2, 0.25) is 0 Å². The molecule has 0 unspecified atom stereocenters. The van der Waals surface area contributed by atoms with Crippen LogP contribution < -0.4 is 5.32 Å². The van der Waals surface area contributed by atoms with E-state index in [1.807, 2.05) is 12.1 Å². The van der Waals surface area contributed by atoms with Crippen LogP contribution in [0.25, 0.3) is 0 Å². The summed E-state index contributed by atoms with van der Waals surface area (Å²) in [5, 5.41) is 13.1. The molecular weight excluding hydrogens is 295 g/mol. The second kappa shape index (κ2) is 8.08. The van der Waals surface area contributed by atoms with E-state index in [4.69, 9.17) is 0 Å². The minimum atomic E-state index is 0. The van der Waals surface area contributed by atoms with Crippen molar-refractivity contribution in [1.29, 1.82) is 0 Å². The summed E-state index contributed by atoms with van der Waals surface area (Å²) in [6.07, 6.45) is 0. The summed E-state index contributed by atoms with van der Waals surface area (Å²) in [4.78, 5) is 2.52. The minimum absolute atomic E-state index is 0. The quantitative estimate of drug-likeness (QED) is 0.878. The summed E-state index contributed by atoms with van der Waals surface area (Å²) in [6, 6.07) is 8.05. The Morgan fingerprint density at radius 2 is 1.75 bits per heavy atom. The van der Waals surface area contributed by atoms with Gasteiger partial charge in [-0.05, 0) is 23.1 Å². The Morgan fingerprint density at radius 1 is 1.15 bits per heavy atom. The molecule has 1 saturated heterocycles. The van der Waals surface area contributed by atoms with Crippen LogP contribution >= 0.6 is 24.8 Å². The summed E-state index contributed by atoms with van der Waals surface area (Å²) in [7, 11) is 0. The van der Waals surface area contributed by atoms with Gasteiger partial charge in [-0.25, -0.2) is 0 Å². The van der Waals surface area contributed by atoms with Crippen molar-refractivity contribution in [1.82, 2.24) is 10.2 Å². The lowest BCUT2D eigenvalue weighted by Gasteiger charge is -2.42. The fourth-order valence-electron chi connectivity index (χ4n) is 2.89. The molecule has 1 aliphatic heterocycles. The fourth-order valence-corrected chi connectivity index (χ4v) is 2.89. The lowest BCUT2D eigenvalue weighted by Crippen LogP contribution is -2.48. The van der Waals surface area contributed by atoms with E-state index >= 15 is 0 Å². The number of phenolic OH excluding ortho intramolecular Hbond substituents is 1. The van der Waals surface area contributed by atoms with Gasteiger partial charge >= 0.3 is 0 Å². The van der Waals surface area contributed by atoms with E-state index in [0.29, 0.717) is 11.8 Å². The molecule has 1 aliphatic rings. The highest BCUT2D eigenvalue weighted by Crippen LogP contribution is 2.38. The summed E-state index contributed by atoms with van der Waals surface area (Å²) >= 11 is 0. The largest absolute Gasteiger partial charge is 0.508 e. The van der Waals surface area contributed by atoms with E-state index < -0.39 is 0 Å². The molecule has 1 heterocycles. The molecule has 5 heteroatoms. The summed E-state index contributed by atoms with van der Waals surface area (Å²) in [6.45, 7) is 11.0. The van der Waals surface area contributed by atoms with Crippen LogP contribution in [0.4, 0.5) is 0 Å². The van der Waals surface area contributed by atoms with E-state index in [9.17, 15) is 5.11 Å². The maximum Gasteiger partial charge on any atom is 0.115 e. The van der Waals surface area contributed by atoms with Gasteiger partial charge in [0.2, 0.25) is 0 Å². The highest BCUT2D eigenvalue weighted by molar-refractivity contribution is 5.85. The molecule has 2 N–H and O–H groups in total. The van der Waals surface area contributed by atoms with Crippen molar-refractivity contribution in [2.24, 2.45) is 5.41 Å². The zero-order valence-electron chi connectivity index (χ0n) is 12.4. The first-order chi connectivity index (χ1) is 8.48. The molecule has 0 aliphatic carbocycles. The number of hydrogen-bond donors (Lipinski definition) is 2. The Hall–Kier alpha value is -0.480. The van der Waals surface area contributed by atoms with Crippen LogP contribution in [0.1, 0.15) is 32.4 Å². The number of phenols is 1. The number of piperazine rings is 1. The number of hydrogen-bond acceptors (Lipinski definition) is 3. The first kappa shape index (κ1) is 19.5. The van der Waals surface area contributed by atoms with Crippen molar-refractivity contribution in [2.75, 3.05) is 26.2 Å². The molecule has 1 fully saturated rings. The lowest BCUT2D eigenvalue weighted by molar-refractivity contribution is 0.0861. The van der Waals surface area contributed by atoms with E-state index in [1.54, 1.807) is 6.07 Å². The van der Waals surface area contributed by atoms with Crippen molar-refractivity contribution in [3.8, 4) is 5.75 Å². The van der Waals surface area contributed by atoms with Gasteiger partial charge in [0.15, 0.2) is 0 Å². The maximum atomic E-state index is 9.70. The van der Waals surface area contributed by atoms with Gasteiger partial charge in [-0.2, -0.15) is 0 Å². The molecule has 0 aromatic heterocycles. The number of halogens is 2. The van der Waals surface area contributed by atoms with E-state index in [0.717, 1.165) is 26.2 Å². The smallest absolute Gasteiger partial charge is 0.115 e. The third-order valence-corrected chi connectivity index (χ3v) is 3.52. The fraction of sp³-hybridized carbons (Fsp3) is 0.600. The molecule has 1 atom stereocenters. The maximum absolute atomic E-state index is 9.70. The van der Waals surface area contributed by atoms with Gasteiger partial charge in [-0.1, -0.05) is 32.9 Å². The average molecular weight is 321 g/mol. The zero-order valence-corrected chi connectivity index (χ0v) is 14.1. The standard InChI is InChI=1S/C15H24N2O.2ClH/c1-15(2,3)14(17-9-7-16-8-10-17)12-5-4-6-13(18)11-12;;/h4-6,11,14,16,18H,7-10H2,1-3H3;2*1H/t14-;;/m0../s1. The molecule has 1 aromatic carbocycles. The van der Waals surface area contributed by atoms with Crippen LogP contribution in [-0.4, -0.2) is 36.2 Å². The lowest BCUT2D eigenvalue weighted by atomic mass is 9.81. The monoisotopic (exact) mass is 320 g/mol. The first-order valence-corrected chi connectivity index (χ1v) is 6.72. The summed E-state index contributed by atoms with van der Waals surface area (Å²) < 4.78 is 0. The van der Waals surface area contributed by atoms with Crippen molar-refractivity contribution < 1.29 is 5.11 Å².